The topological polar surface area (TPSA) is 75.6 Å². The van der Waals surface area contributed by atoms with Gasteiger partial charge < -0.3 is 15.2 Å². The molecule has 0 aliphatic carbocycles. The van der Waals surface area contributed by atoms with Crippen LogP contribution in [0.5, 0.6) is 0 Å². The number of amides is 1. The highest BCUT2D eigenvalue weighted by atomic mass is 35.5. The van der Waals surface area contributed by atoms with Gasteiger partial charge in [-0.15, -0.1) is 0 Å². The molecule has 0 saturated heterocycles. The third-order valence-electron chi connectivity index (χ3n) is 1.35. The van der Waals surface area contributed by atoms with Gasteiger partial charge in [0.1, 0.15) is 0 Å². The number of ether oxygens (including phenoxy) is 1. The monoisotopic (exact) mass is 223 g/mol. The zero-order valence-electron chi connectivity index (χ0n) is 7.79. The fourth-order valence-corrected chi connectivity index (χ4v) is 0.824. The van der Waals surface area contributed by atoms with E-state index in [9.17, 15) is 9.59 Å². The number of aliphatic hydroxyl groups is 1. The molecule has 0 rings (SSSR count). The Bertz CT molecular complexity index is 186. The minimum Gasteiger partial charge on any atom is -0.394 e. The van der Waals surface area contributed by atoms with Gasteiger partial charge in [0.15, 0.2) is 0 Å². The third kappa shape index (κ3) is 9.44. The molecule has 14 heavy (non-hydrogen) atoms. The molecule has 0 aromatic rings. The van der Waals surface area contributed by atoms with Gasteiger partial charge in [0.2, 0.25) is 11.1 Å². The third-order valence-corrected chi connectivity index (χ3v) is 1.54. The molecule has 0 spiro atoms. The lowest BCUT2D eigenvalue weighted by atomic mass is 10.3. The van der Waals surface area contributed by atoms with Gasteiger partial charge in [-0.05, 0) is 11.6 Å². The average Bonchev–Trinajstić information content (AvgIpc) is 2.14. The van der Waals surface area contributed by atoms with E-state index in [1.165, 1.54) is 0 Å². The summed E-state index contributed by atoms with van der Waals surface area (Å²) in [7, 11) is 0. The Morgan fingerprint density at radius 1 is 1.29 bits per heavy atom. The van der Waals surface area contributed by atoms with E-state index in [0.29, 0.717) is 13.2 Å². The zero-order chi connectivity index (χ0) is 10.8. The summed E-state index contributed by atoms with van der Waals surface area (Å²) in [6.07, 6.45) is 0.146. The molecule has 0 unspecified atom stereocenters. The van der Waals surface area contributed by atoms with E-state index in [1.54, 1.807) is 0 Å². The highest BCUT2D eigenvalue weighted by molar-refractivity contribution is 6.63. The van der Waals surface area contributed by atoms with Crippen molar-refractivity contribution < 1.29 is 19.4 Å². The summed E-state index contributed by atoms with van der Waals surface area (Å²) in [6, 6.07) is 0. The number of nitrogens with one attached hydrogen (secondary N) is 1. The molecule has 2 N–H and O–H groups in total. The van der Waals surface area contributed by atoms with Crippen molar-refractivity contribution in [3.05, 3.63) is 0 Å². The number of hydrogen-bond donors (Lipinski definition) is 2. The molecule has 0 atom stereocenters. The zero-order valence-corrected chi connectivity index (χ0v) is 8.55. The van der Waals surface area contributed by atoms with Crippen LogP contribution in [0.1, 0.15) is 12.8 Å². The normalized spacial score (nSPS) is 9.86. The molecule has 0 aliphatic rings. The maximum Gasteiger partial charge on any atom is 0.222 e. The van der Waals surface area contributed by atoms with Crippen LogP contribution >= 0.6 is 11.6 Å². The van der Waals surface area contributed by atoms with Crippen LogP contribution in [0.3, 0.4) is 0 Å². The van der Waals surface area contributed by atoms with Crippen LogP contribution in [0.4, 0.5) is 0 Å². The minimum atomic E-state index is -0.517. The number of halogens is 1. The van der Waals surface area contributed by atoms with E-state index < -0.39 is 5.24 Å². The van der Waals surface area contributed by atoms with Gasteiger partial charge in [0.25, 0.3) is 0 Å². The van der Waals surface area contributed by atoms with Crippen LogP contribution in [0.15, 0.2) is 0 Å². The first-order chi connectivity index (χ1) is 6.66. The van der Waals surface area contributed by atoms with Gasteiger partial charge in [0, 0.05) is 19.4 Å². The highest BCUT2D eigenvalue weighted by Crippen LogP contribution is 1.93. The van der Waals surface area contributed by atoms with E-state index in [2.05, 4.69) is 5.32 Å². The second-order valence-corrected chi connectivity index (χ2v) is 2.96. The molecule has 6 heteroatoms. The van der Waals surface area contributed by atoms with Crippen molar-refractivity contribution in [1.82, 2.24) is 5.32 Å². The first kappa shape index (κ1) is 13.4. The first-order valence-corrected chi connectivity index (χ1v) is 4.68. The van der Waals surface area contributed by atoms with Crippen LogP contribution < -0.4 is 5.32 Å². The summed E-state index contributed by atoms with van der Waals surface area (Å²) in [5.74, 6) is -0.230. The molecule has 0 fully saturated rings. The SMILES string of the molecule is O=C(Cl)CCC(=O)NCCOCCO. The van der Waals surface area contributed by atoms with Crippen LogP contribution in [0.25, 0.3) is 0 Å². The summed E-state index contributed by atoms with van der Waals surface area (Å²) in [5, 5.41) is 10.4. The van der Waals surface area contributed by atoms with Gasteiger partial charge in [-0.1, -0.05) is 0 Å². The van der Waals surface area contributed by atoms with Crippen molar-refractivity contribution >= 4 is 22.8 Å². The maximum absolute atomic E-state index is 11.0. The van der Waals surface area contributed by atoms with Crippen molar-refractivity contribution in [3.8, 4) is 0 Å². The number of hydrogen-bond acceptors (Lipinski definition) is 4. The van der Waals surface area contributed by atoms with Gasteiger partial charge >= 0.3 is 0 Å². The molecule has 1 amide bonds. The Morgan fingerprint density at radius 3 is 2.57 bits per heavy atom. The molecule has 82 valence electrons. The van der Waals surface area contributed by atoms with E-state index in [0.717, 1.165) is 0 Å². The Labute approximate surface area is 87.4 Å². The lowest BCUT2D eigenvalue weighted by molar-refractivity contribution is -0.123. The van der Waals surface area contributed by atoms with Crippen molar-refractivity contribution in [3.63, 3.8) is 0 Å². The molecular formula is C8H14ClNO4. The van der Waals surface area contributed by atoms with Gasteiger partial charge in [-0.3, -0.25) is 9.59 Å². The average molecular weight is 224 g/mol. The number of aliphatic hydroxyl groups excluding tert-OH is 1. The van der Waals surface area contributed by atoms with E-state index in [1.807, 2.05) is 0 Å². The summed E-state index contributed by atoms with van der Waals surface area (Å²) in [4.78, 5) is 21.2. The molecule has 0 aliphatic heterocycles. The fraction of sp³-hybridized carbons (Fsp3) is 0.750. The number of rotatable bonds is 8. The highest BCUT2D eigenvalue weighted by Gasteiger charge is 2.03. The molecule has 0 bridgehead atoms. The lowest BCUT2D eigenvalue weighted by Gasteiger charge is -2.04. The second-order valence-electron chi connectivity index (χ2n) is 2.54. The fourth-order valence-electron chi connectivity index (χ4n) is 0.729. The minimum absolute atomic E-state index is 0.0330. The predicted octanol–water partition coefficient (Wildman–Crippen LogP) is -0.343. The number of carbonyl (C=O) groups excluding carboxylic acids is 2. The molecular weight excluding hydrogens is 210 g/mol. The van der Waals surface area contributed by atoms with Crippen LogP contribution in [-0.4, -0.2) is 42.6 Å². The maximum atomic E-state index is 11.0. The largest absolute Gasteiger partial charge is 0.394 e. The Morgan fingerprint density at radius 2 is 2.00 bits per heavy atom. The van der Waals surface area contributed by atoms with Crippen molar-refractivity contribution in [2.75, 3.05) is 26.4 Å². The first-order valence-electron chi connectivity index (χ1n) is 4.30. The molecule has 0 heterocycles. The summed E-state index contributed by atoms with van der Waals surface area (Å²) >= 11 is 5.05. The summed E-state index contributed by atoms with van der Waals surface area (Å²) in [6.45, 7) is 0.946. The summed E-state index contributed by atoms with van der Waals surface area (Å²) in [5.41, 5.74) is 0. The van der Waals surface area contributed by atoms with E-state index >= 15 is 0 Å². The van der Waals surface area contributed by atoms with Gasteiger partial charge in [-0.25, -0.2) is 0 Å². The predicted molar refractivity (Wildman–Crippen MR) is 51.0 cm³/mol. The number of carbonyl (C=O) groups is 2. The smallest absolute Gasteiger partial charge is 0.222 e. The molecule has 0 aromatic heterocycles. The van der Waals surface area contributed by atoms with Gasteiger partial charge in [0.05, 0.1) is 19.8 Å². The molecule has 5 nitrogen and oxygen atoms in total. The van der Waals surface area contributed by atoms with Crippen LogP contribution in [0.2, 0.25) is 0 Å². The van der Waals surface area contributed by atoms with E-state index in [4.69, 9.17) is 21.4 Å². The quantitative estimate of drug-likeness (QED) is 0.436. The van der Waals surface area contributed by atoms with Crippen molar-refractivity contribution in [1.29, 1.82) is 0 Å². The van der Waals surface area contributed by atoms with E-state index in [-0.39, 0.29) is 32.0 Å². The Balaban J connectivity index is 3.22. The summed E-state index contributed by atoms with van der Waals surface area (Å²) < 4.78 is 4.90. The van der Waals surface area contributed by atoms with Crippen LogP contribution in [0, 0.1) is 0 Å². The van der Waals surface area contributed by atoms with Crippen LogP contribution in [-0.2, 0) is 14.3 Å². The second kappa shape index (κ2) is 8.93. The standard InChI is InChI=1S/C8H14ClNO4/c9-7(12)1-2-8(13)10-3-5-14-6-4-11/h11H,1-6H2,(H,10,13). The molecule has 0 saturated carbocycles. The van der Waals surface area contributed by atoms with Crippen molar-refractivity contribution in [2.45, 2.75) is 12.8 Å². The van der Waals surface area contributed by atoms with Crippen molar-refractivity contribution in [2.24, 2.45) is 0 Å². The lowest BCUT2D eigenvalue weighted by Crippen LogP contribution is -2.27. The Hall–Kier alpha value is -0.650. The Kier molecular flexibility index (Phi) is 8.51. The molecule has 0 radical (unpaired) electrons. The van der Waals surface area contributed by atoms with Gasteiger partial charge in [-0.2, -0.15) is 0 Å². The molecule has 0 aromatic carbocycles.